The van der Waals surface area contributed by atoms with Crippen LogP contribution in [0.25, 0.3) is 17.1 Å². The Labute approximate surface area is 183 Å². The second kappa shape index (κ2) is 9.00. The molecule has 0 fully saturated rings. The molecular formula is C20H20ClN9O. The molecule has 0 bridgehead atoms. The lowest BCUT2D eigenvalue weighted by Gasteiger charge is -2.10. The van der Waals surface area contributed by atoms with E-state index in [1.54, 1.807) is 18.2 Å². The van der Waals surface area contributed by atoms with E-state index in [0.717, 1.165) is 12.1 Å². The van der Waals surface area contributed by atoms with Crippen molar-refractivity contribution in [3.05, 3.63) is 59.4 Å². The molecule has 31 heavy (non-hydrogen) atoms. The van der Waals surface area contributed by atoms with Crippen molar-refractivity contribution in [3.8, 4) is 17.1 Å². The maximum absolute atomic E-state index is 12.4. The fourth-order valence-electron chi connectivity index (χ4n) is 3.03. The Morgan fingerprint density at radius 3 is 2.68 bits per heavy atom. The molecule has 1 N–H and O–H groups in total. The minimum Gasteiger partial charge on any atom is -0.324 e. The predicted octanol–water partition coefficient (Wildman–Crippen LogP) is 3.12. The zero-order chi connectivity index (χ0) is 21.8. The zero-order valence-electron chi connectivity index (χ0n) is 17.0. The number of carbonyl (C=O) groups is 1. The molecule has 4 rings (SSSR count). The average molecular weight is 438 g/mol. The van der Waals surface area contributed by atoms with E-state index in [9.17, 15) is 4.79 Å². The van der Waals surface area contributed by atoms with Gasteiger partial charge in [0.05, 0.1) is 5.69 Å². The third kappa shape index (κ3) is 4.75. The van der Waals surface area contributed by atoms with Crippen LogP contribution in [0.3, 0.4) is 0 Å². The van der Waals surface area contributed by atoms with Crippen LogP contribution < -0.4 is 5.32 Å². The number of rotatable bonds is 7. The lowest BCUT2D eigenvalue weighted by Crippen LogP contribution is -2.20. The van der Waals surface area contributed by atoms with Crippen LogP contribution >= 0.6 is 11.6 Å². The Morgan fingerprint density at radius 1 is 1.16 bits per heavy atom. The molecule has 0 unspecified atom stereocenters. The minimum absolute atomic E-state index is 0.0755. The van der Waals surface area contributed by atoms with Crippen LogP contribution in [0.5, 0.6) is 0 Å². The van der Waals surface area contributed by atoms with E-state index in [1.807, 2.05) is 24.3 Å². The number of aromatic nitrogens is 8. The first-order valence-electron chi connectivity index (χ1n) is 9.74. The number of anilines is 1. The number of nitrogens with one attached hydrogen (secondary N) is 1. The average Bonchev–Trinajstić information content (AvgIpc) is 3.46. The molecule has 0 radical (unpaired) electrons. The summed E-state index contributed by atoms with van der Waals surface area (Å²) in [6.07, 6.45) is 2.51. The molecule has 0 spiro atoms. The molecule has 1 atom stereocenters. The molecule has 0 aliphatic heterocycles. The molecular weight excluding hydrogens is 418 g/mol. The first-order chi connectivity index (χ1) is 15.0. The van der Waals surface area contributed by atoms with Gasteiger partial charge in [-0.05, 0) is 63.9 Å². The van der Waals surface area contributed by atoms with E-state index >= 15 is 0 Å². The number of hydrogen-bond donors (Lipinski definition) is 1. The molecule has 0 aliphatic carbocycles. The Balaban J connectivity index is 1.47. The van der Waals surface area contributed by atoms with Gasteiger partial charge in [-0.3, -0.25) is 4.79 Å². The van der Waals surface area contributed by atoms with E-state index in [0.29, 0.717) is 28.0 Å². The van der Waals surface area contributed by atoms with Gasteiger partial charge in [0, 0.05) is 16.3 Å². The van der Waals surface area contributed by atoms with Gasteiger partial charge in [0.15, 0.2) is 0 Å². The molecule has 11 heteroatoms. The maximum atomic E-state index is 12.4. The molecule has 0 saturated carbocycles. The Hall–Kier alpha value is -3.66. The molecule has 2 heterocycles. The van der Waals surface area contributed by atoms with E-state index in [4.69, 9.17) is 11.6 Å². The van der Waals surface area contributed by atoms with Crippen molar-refractivity contribution in [2.45, 2.75) is 32.7 Å². The van der Waals surface area contributed by atoms with Crippen LogP contribution in [0.15, 0.2) is 48.8 Å². The lowest BCUT2D eigenvalue weighted by atomic mass is 9.99. The molecule has 0 saturated heterocycles. The van der Waals surface area contributed by atoms with Crippen molar-refractivity contribution >= 4 is 23.2 Å². The molecule has 158 valence electrons. The number of halogens is 1. The van der Waals surface area contributed by atoms with Gasteiger partial charge in [-0.1, -0.05) is 37.6 Å². The highest BCUT2D eigenvalue weighted by Crippen LogP contribution is 2.26. The topological polar surface area (TPSA) is 116 Å². The van der Waals surface area contributed by atoms with Crippen molar-refractivity contribution < 1.29 is 4.79 Å². The van der Waals surface area contributed by atoms with Gasteiger partial charge < -0.3 is 5.32 Å². The molecule has 2 aromatic heterocycles. The van der Waals surface area contributed by atoms with Gasteiger partial charge in [-0.2, -0.15) is 9.48 Å². The van der Waals surface area contributed by atoms with Gasteiger partial charge in [-0.15, -0.1) is 15.3 Å². The summed E-state index contributed by atoms with van der Waals surface area (Å²) in [5.74, 6) is 0.554. The number of tetrazole rings is 2. The first-order valence-corrected chi connectivity index (χ1v) is 10.1. The lowest BCUT2D eigenvalue weighted by molar-refractivity contribution is -0.117. The zero-order valence-corrected chi connectivity index (χ0v) is 17.7. The normalized spacial score (nSPS) is 12.0. The highest BCUT2D eigenvalue weighted by Gasteiger charge is 2.15. The van der Waals surface area contributed by atoms with E-state index in [2.05, 4.69) is 50.1 Å². The van der Waals surface area contributed by atoms with Crippen molar-refractivity contribution in [2.75, 3.05) is 5.32 Å². The monoisotopic (exact) mass is 437 g/mol. The van der Waals surface area contributed by atoms with Crippen LogP contribution in [0.2, 0.25) is 5.02 Å². The van der Waals surface area contributed by atoms with Gasteiger partial charge in [0.2, 0.25) is 11.7 Å². The standard InChI is InChI=1S/C20H20ClN9O/c1-3-13(2)14-4-7-16(8-5-14)23-19(31)11-30-25-20(24-27-30)17-9-6-15(21)10-18(17)29-12-22-26-28-29/h4-10,12-13H,3,11H2,1-2H3,(H,23,31)/t13-/m1/s1. The molecule has 10 nitrogen and oxygen atoms in total. The Morgan fingerprint density at radius 2 is 1.97 bits per heavy atom. The fourth-order valence-corrected chi connectivity index (χ4v) is 3.20. The largest absolute Gasteiger partial charge is 0.324 e. The summed E-state index contributed by atoms with van der Waals surface area (Å²) in [6.45, 7) is 4.25. The second-order valence-electron chi connectivity index (χ2n) is 7.04. The summed E-state index contributed by atoms with van der Waals surface area (Å²) in [5.41, 5.74) is 3.19. The van der Waals surface area contributed by atoms with Crippen molar-refractivity contribution in [1.82, 2.24) is 40.4 Å². The summed E-state index contributed by atoms with van der Waals surface area (Å²) in [4.78, 5) is 13.6. The van der Waals surface area contributed by atoms with Gasteiger partial charge in [0.25, 0.3) is 0 Å². The van der Waals surface area contributed by atoms with Crippen LogP contribution in [-0.2, 0) is 11.3 Å². The summed E-state index contributed by atoms with van der Waals surface area (Å²) in [5, 5.41) is 26.9. The third-order valence-corrected chi connectivity index (χ3v) is 5.15. The van der Waals surface area contributed by atoms with E-state index in [1.165, 1.54) is 21.4 Å². The fraction of sp³-hybridized carbons (Fsp3) is 0.250. The smallest absolute Gasteiger partial charge is 0.248 e. The predicted molar refractivity (Wildman–Crippen MR) is 115 cm³/mol. The summed E-state index contributed by atoms with van der Waals surface area (Å²) < 4.78 is 1.46. The highest BCUT2D eigenvalue weighted by atomic mass is 35.5. The van der Waals surface area contributed by atoms with E-state index < -0.39 is 0 Å². The second-order valence-corrected chi connectivity index (χ2v) is 7.48. The van der Waals surface area contributed by atoms with Crippen molar-refractivity contribution in [3.63, 3.8) is 0 Å². The van der Waals surface area contributed by atoms with Crippen LogP contribution in [0, 0.1) is 0 Å². The number of hydrogen-bond acceptors (Lipinski definition) is 7. The molecule has 2 aromatic carbocycles. The van der Waals surface area contributed by atoms with Gasteiger partial charge in [-0.25, -0.2) is 0 Å². The molecule has 4 aromatic rings. The van der Waals surface area contributed by atoms with Crippen molar-refractivity contribution in [1.29, 1.82) is 0 Å². The molecule has 1 amide bonds. The van der Waals surface area contributed by atoms with Gasteiger partial charge in [0.1, 0.15) is 12.9 Å². The quantitative estimate of drug-likeness (QED) is 0.472. The Bertz CT molecular complexity index is 1170. The SMILES string of the molecule is CC[C@@H](C)c1ccc(NC(=O)Cn2nnc(-c3ccc(Cl)cc3-n3cnnn3)n2)cc1. The number of amides is 1. The maximum Gasteiger partial charge on any atom is 0.248 e. The van der Waals surface area contributed by atoms with Crippen LogP contribution in [0.4, 0.5) is 5.69 Å². The summed E-state index contributed by atoms with van der Waals surface area (Å²) >= 11 is 6.11. The number of nitrogens with zero attached hydrogens (tertiary/aromatic N) is 8. The minimum atomic E-state index is -0.253. The Kier molecular flexibility index (Phi) is 5.99. The number of carbonyl (C=O) groups excluding carboxylic acids is 1. The van der Waals surface area contributed by atoms with Crippen LogP contribution in [-0.4, -0.2) is 46.3 Å². The number of benzene rings is 2. The summed E-state index contributed by atoms with van der Waals surface area (Å²) in [7, 11) is 0. The van der Waals surface area contributed by atoms with Crippen molar-refractivity contribution in [2.24, 2.45) is 0 Å². The summed E-state index contributed by atoms with van der Waals surface area (Å²) in [6, 6.07) is 13.0. The van der Waals surface area contributed by atoms with Gasteiger partial charge >= 0.3 is 0 Å². The van der Waals surface area contributed by atoms with E-state index in [-0.39, 0.29) is 12.5 Å². The van der Waals surface area contributed by atoms with Crippen LogP contribution in [0.1, 0.15) is 31.7 Å². The highest BCUT2D eigenvalue weighted by molar-refractivity contribution is 6.30. The molecule has 0 aliphatic rings. The third-order valence-electron chi connectivity index (χ3n) is 4.91. The first kappa shape index (κ1) is 20.6.